The second-order valence-corrected chi connectivity index (χ2v) is 3.61. The fourth-order valence-corrected chi connectivity index (χ4v) is 1.71. The maximum atomic E-state index is 12.6. The molecule has 0 saturated carbocycles. The predicted molar refractivity (Wildman–Crippen MR) is 54.9 cm³/mol. The second kappa shape index (κ2) is 4.65. The van der Waals surface area contributed by atoms with Crippen LogP contribution < -0.4 is 15.2 Å². The van der Waals surface area contributed by atoms with Crippen molar-refractivity contribution in [3.8, 4) is 11.5 Å². The number of hydrogen-bond donors (Lipinski definition) is 1. The number of benzene rings is 1. The first-order valence-electron chi connectivity index (χ1n) is 5.13. The van der Waals surface area contributed by atoms with Crippen LogP contribution in [0.3, 0.4) is 0 Å². The highest BCUT2D eigenvalue weighted by atomic mass is 19.3. The maximum absolute atomic E-state index is 12.6. The molecule has 0 aliphatic carbocycles. The van der Waals surface area contributed by atoms with Gasteiger partial charge in [-0.05, 0) is 37.1 Å². The van der Waals surface area contributed by atoms with Gasteiger partial charge in [0, 0.05) is 5.56 Å². The topological polar surface area (TPSA) is 44.5 Å². The molecule has 0 bridgehead atoms. The third-order valence-electron chi connectivity index (χ3n) is 2.47. The predicted octanol–water partition coefficient (Wildman–Crippen LogP) is 2.24. The van der Waals surface area contributed by atoms with Crippen LogP contribution in [0.5, 0.6) is 11.5 Å². The van der Waals surface area contributed by atoms with Crippen LogP contribution in [0.25, 0.3) is 0 Å². The Morgan fingerprint density at radius 2 is 2.12 bits per heavy atom. The van der Waals surface area contributed by atoms with E-state index < -0.39 is 6.43 Å². The van der Waals surface area contributed by atoms with E-state index >= 15 is 0 Å². The lowest BCUT2D eigenvalue weighted by Gasteiger charge is -2.08. The minimum absolute atomic E-state index is 0.0312. The molecule has 0 fully saturated rings. The van der Waals surface area contributed by atoms with Crippen molar-refractivity contribution in [1.82, 2.24) is 0 Å². The average Bonchev–Trinajstić information content (AvgIpc) is 2.73. The van der Waals surface area contributed by atoms with Crippen LogP contribution in [0.1, 0.15) is 24.0 Å². The van der Waals surface area contributed by atoms with Crippen molar-refractivity contribution < 1.29 is 18.3 Å². The Labute approximate surface area is 92.1 Å². The van der Waals surface area contributed by atoms with E-state index in [9.17, 15) is 8.78 Å². The molecule has 0 atom stereocenters. The van der Waals surface area contributed by atoms with Crippen LogP contribution in [0.2, 0.25) is 0 Å². The van der Waals surface area contributed by atoms with Gasteiger partial charge in [-0.1, -0.05) is 0 Å². The van der Waals surface area contributed by atoms with E-state index in [4.69, 9.17) is 15.2 Å². The highest BCUT2D eigenvalue weighted by Gasteiger charge is 2.21. The number of rotatable bonds is 4. The number of nitrogens with two attached hydrogens (primary N) is 1. The molecular formula is C11H13F2NO2. The monoisotopic (exact) mass is 229 g/mol. The third kappa shape index (κ3) is 2.09. The van der Waals surface area contributed by atoms with Gasteiger partial charge in [0.2, 0.25) is 6.79 Å². The minimum atomic E-state index is -2.49. The van der Waals surface area contributed by atoms with E-state index in [0.717, 1.165) is 12.0 Å². The summed E-state index contributed by atoms with van der Waals surface area (Å²) in [5.74, 6) is 0.989. The van der Waals surface area contributed by atoms with Crippen molar-refractivity contribution in [2.75, 3.05) is 13.3 Å². The molecular weight excluding hydrogens is 216 g/mol. The molecule has 0 aromatic heterocycles. The summed E-state index contributed by atoms with van der Waals surface area (Å²) in [6.07, 6.45) is -1.13. The first-order valence-corrected chi connectivity index (χ1v) is 5.13. The van der Waals surface area contributed by atoms with E-state index in [2.05, 4.69) is 0 Å². The van der Waals surface area contributed by atoms with Crippen molar-refractivity contribution in [1.29, 1.82) is 0 Å². The fourth-order valence-electron chi connectivity index (χ4n) is 1.71. The quantitative estimate of drug-likeness (QED) is 0.861. The van der Waals surface area contributed by atoms with Crippen LogP contribution in [0, 0.1) is 0 Å². The summed E-state index contributed by atoms with van der Waals surface area (Å²) in [6, 6.07) is 2.80. The Kier molecular flexibility index (Phi) is 3.24. The van der Waals surface area contributed by atoms with Crippen LogP contribution in [-0.4, -0.2) is 13.3 Å². The lowest BCUT2D eigenvalue weighted by Crippen LogP contribution is -2.01. The SMILES string of the molecule is NCCCc1cc(C(F)F)cc2c1OCO2. The molecule has 1 aromatic carbocycles. The van der Waals surface area contributed by atoms with Gasteiger partial charge in [-0.25, -0.2) is 8.78 Å². The van der Waals surface area contributed by atoms with Crippen molar-refractivity contribution in [3.63, 3.8) is 0 Å². The Hall–Kier alpha value is -1.36. The molecule has 5 heteroatoms. The molecule has 0 amide bonds. The summed E-state index contributed by atoms with van der Waals surface area (Å²) < 4.78 is 35.6. The summed E-state index contributed by atoms with van der Waals surface area (Å²) in [6.45, 7) is 0.617. The summed E-state index contributed by atoms with van der Waals surface area (Å²) in [5.41, 5.74) is 6.11. The largest absolute Gasteiger partial charge is 0.454 e. The number of fused-ring (bicyclic) bond motifs is 1. The fraction of sp³-hybridized carbons (Fsp3) is 0.455. The molecule has 88 valence electrons. The van der Waals surface area contributed by atoms with Gasteiger partial charge in [0.15, 0.2) is 11.5 Å². The molecule has 1 aliphatic rings. The summed E-state index contributed by atoms with van der Waals surface area (Å²) in [7, 11) is 0. The van der Waals surface area contributed by atoms with Crippen molar-refractivity contribution in [2.24, 2.45) is 5.73 Å². The Morgan fingerprint density at radius 3 is 2.81 bits per heavy atom. The smallest absolute Gasteiger partial charge is 0.263 e. The Balaban J connectivity index is 2.33. The number of aryl methyl sites for hydroxylation is 1. The van der Waals surface area contributed by atoms with Gasteiger partial charge in [-0.2, -0.15) is 0 Å². The first-order chi connectivity index (χ1) is 7.72. The zero-order valence-corrected chi connectivity index (χ0v) is 8.71. The van der Waals surface area contributed by atoms with Crippen LogP contribution in [-0.2, 0) is 6.42 Å². The van der Waals surface area contributed by atoms with Crippen molar-refractivity contribution >= 4 is 0 Å². The lowest BCUT2D eigenvalue weighted by molar-refractivity contribution is 0.150. The van der Waals surface area contributed by atoms with Crippen LogP contribution in [0.15, 0.2) is 12.1 Å². The molecule has 1 heterocycles. The molecule has 0 unspecified atom stereocenters. The normalized spacial score (nSPS) is 13.5. The highest BCUT2D eigenvalue weighted by molar-refractivity contribution is 5.51. The molecule has 3 nitrogen and oxygen atoms in total. The molecule has 0 spiro atoms. The number of hydrogen-bond acceptors (Lipinski definition) is 3. The maximum Gasteiger partial charge on any atom is 0.263 e. The zero-order valence-electron chi connectivity index (χ0n) is 8.71. The van der Waals surface area contributed by atoms with E-state index in [1.54, 1.807) is 0 Å². The molecule has 16 heavy (non-hydrogen) atoms. The highest BCUT2D eigenvalue weighted by Crippen LogP contribution is 2.39. The average molecular weight is 229 g/mol. The third-order valence-corrected chi connectivity index (χ3v) is 2.47. The van der Waals surface area contributed by atoms with Crippen LogP contribution >= 0.6 is 0 Å². The number of alkyl halides is 2. The molecule has 0 saturated heterocycles. The van der Waals surface area contributed by atoms with Gasteiger partial charge in [-0.15, -0.1) is 0 Å². The Morgan fingerprint density at radius 1 is 1.31 bits per heavy atom. The van der Waals surface area contributed by atoms with Crippen molar-refractivity contribution in [2.45, 2.75) is 19.3 Å². The standard InChI is InChI=1S/C11H13F2NO2/c12-11(13)8-4-7(2-1-3-14)10-9(5-8)15-6-16-10/h4-5,11H,1-3,6,14H2. The van der Waals surface area contributed by atoms with Gasteiger partial charge < -0.3 is 15.2 Å². The summed E-state index contributed by atoms with van der Waals surface area (Å²) >= 11 is 0. The lowest BCUT2D eigenvalue weighted by atomic mass is 10.0. The second-order valence-electron chi connectivity index (χ2n) is 3.61. The molecule has 1 aromatic rings. The van der Waals surface area contributed by atoms with Gasteiger partial charge in [0.1, 0.15) is 0 Å². The van der Waals surface area contributed by atoms with E-state index in [1.165, 1.54) is 12.1 Å². The molecule has 2 rings (SSSR count). The number of ether oxygens (including phenoxy) is 2. The summed E-state index contributed by atoms with van der Waals surface area (Å²) in [5, 5.41) is 0. The molecule has 2 N–H and O–H groups in total. The van der Waals surface area contributed by atoms with Gasteiger partial charge in [-0.3, -0.25) is 0 Å². The van der Waals surface area contributed by atoms with E-state index in [1.807, 2.05) is 0 Å². The van der Waals surface area contributed by atoms with E-state index in [0.29, 0.717) is 24.5 Å². The van der Waals surface area contributed by atoms with Crippen molar-refractivity contribution in [3.05, 3.63) is 23.3 Å². The van der Waals surface area contributed by atoms with Crippen LogP contribution in [0.4, 0.5) is 8.78 Å². The Bertz CT molecular complexity index is 382. The van der Waals surface area contributed by atoms with Gasteiger partial charge in [0.05, 0.1) is 0 Å². The zero-order chi connectivity index (χ0) is 11.5. The summed E-state index contributed by atoms with van der Waals surface area (Å²) in [4.78, 5) is 0. The minimum Gasteiger partial charge on any atom is -0.454 e. The van der Waals surface area contributed by atoms with E-state index in [-0.39, 0.29) is 12.4 Å². The first kappa shape index (κ1) is 11.1. The van der Waals surface area contributed by atoms with Gasteiger partial charge >= 0.3 is 0 Å². The van der Waals surface area contributed by atoms with Gasteiger partial charge in [0.25, 0.3) is 6.43 Å². The molecule has 1 aliphatic heterocycles. The number of halogens is 2. The molecule has 0 radical (unpaired) electrons.